The zero-order chi connectivity index (χ0) is 14.6. The average molecular weight is 279 g/mol. The van der Waals surface area contributed by atoms with Gasteiger partial charge in [-0.3, -0.25) is 4.40 Å². The van der Waals surface area contributed by atoms with Gasteiger partial charge in [0.05, 0.1) is 6.33 Å². The number of hydrogen-bond acceptors (Lipinski definition) is 5. The Morgan fingerprint density at radius 2 is 2.00 bits per heavy atom. The van der Waals surface area contributed by atoms with E-state index in [1.807, 2.05) is 30.4 Å². The molecule has 0 bridgehead atoms. The van der Waals surface area contributed by atoms with Crippen LogP contribution in [0.15, 0.2) is 24.8 Å². The first-order valence-corrected chi connectivity index (χ1v) is 6.55. The highest BCUT2D eigenvalue weighted by molar-refractivity contribution is 5.86. The van der Waals surface area contributed by atoms with Gasteiger partial charge in [0.1, 0.15) is 11.8 Å². The van der Waals surface area contributed by atoms with Crippen LogP contribution in [-0.4, -0.2) is 29.5 Å². The Hall–Kier alpha value is -2.96. The van der Waals surface area contributed by atoms with Crippen LogP contribution in [0, 0.1) is 13.8 Å². The lowest BCUT2D eigenvalue weighted by Gasteiger charge is -2.08. The van der Waals surface area contributed by atoms with Crippen LogP contribution >= 0.6 is 0 Å². The van der Waals surface area contributed by atoms with Crippen LogP contribution in [0.3, 0.4) is 0 Å². The molecule has 0 saturated heterocycles. The summed E-state index contributed by atoms with van der Waals surface area (Å²) < 4.78 is 1.82. The summed E-state index contributed by atoms with van der Waals surface area (Å²) in [6.07, 6.45) is 3.27. The van der Waals surface area contributed by atoms with Gasteiger partial charge in [0.15, 0.2) is 17.1 Å². The van der Waals surface area contributed by atoms with Crippen molar-refractivity contribution in [3.63, 3.8) is 0 Å². The summed E-state index contributed by atoms with van der Waals surface area (Å²) in [6.45, 7) is 4.02. The van der Waals surface area contributed by atoms with E-state index in [1.165, 1.54) is 0 Å². The quantitative estimate of drug-likeness (QED) is 0.518. The van der Waals surface area contributed by atoms with Gasteiger partial charge in [0, 0.05) is 11.3 Å². The molecule has 3 aromatic heterocycles. The summed E-state index contributed by atoms with van der Waals surface area (Å²) in [5.74, 6) is 0.679. The van der Waals surface area contributed by atoms with E-state index in [0.29, 0.717) is 22.8 Å². The van der Waals surface area contributed by atoms with E-state index >= 15 is 0 Å². The predicted molar refractivity (Wildman–Crippen MR) is 79.8 cm³/mol. The molecule has 3 N–H and O–H groups in total. The topological polar surface area (TPSA) is 97.8 Å². The molecule has 0 saturated carbocycles. The van der Waals surface area contributed by atoms with Crippen molar-refractivity contribution in [3.05, 3.63) is 35.9 Å². The smallest absolute Gasteiger partial charge is 0.190 e. The molecule has 0 radical (unpaired) electrons. The van der Waals surface area contributed by atoms with Crippen LogP contribution in [-0.2, 0) is 0 Å². The van der Waals surface area contributed by atoms with Crippen molar-refractivity contribution in [3.8, 4) is 11.4 Å². The Balaban J connectivity index is 2.07. The van der Waals surface area contributed by atoms with Crippen LogP contribution in [0.5, 0.6) is 0 Å². The standard InChI is InChI=1S/C14H13N7/c1-7-3-8(2)10(15)9(4-7)13-19-20-14-11-12(17-5-16-11)18-6-21(13)14/h3-6H,15H2,1-2H3,(H,16,17). The number of nitrogens with zero attached hydrogens (tertiary/aromatic N) is 5. The third-order valence-electron chi connectivity index (χ3n) is 3.61. The van der Waals surface area contributed by atoms with E-state index in [4.69, 9.17) is 5.73 Å². The number of hydrogen-bond donors (Lipinski definition) is 2. The van der Waals surface area contributed by atoms with Crippen molar-refractivity contribution in [1.82, 2.24) is 29.5 Å². The maximum Gasteiger partial charge on any atom is 0.190 e. The lowest BCUT2D eigenvalue weighted by Crippen LogP contribution is -1.99. The minimum absolute atomic E-state index is 0.620. The Bertz CT molecular complexity index is 980. The second kappa shape index (κ2) is 4.02. The van der Waals surface area contributed by atoms with Gasteiger partial charge in [-0.1, -0.05) is 6.07 Å². The van der Waals surface area contributed by atoms with Gasteiger partial charge >= 0.3 is 0 Å². The molecular weight excluding hydrogens is 266 g/mol. The van der Waals surface area contributed by atoms with E-state index in [1.54, 1.807) is 12.7 Å². The Labute approximate surface area is 119 Å². The number of rotatable bonds is 1. The van der Waals surface area contributed by atoms with Crippen LogP contribution in [0.4, 0.5) is 5.69 Å². The second-order valence-corrected chi connectivity index (χ2v) is 5.11. The molecule has 4 aromatic rings. The Morgan fingerprint density at radius 1 is 1.14 bits per heavy atom. The average Bonchev–Trinajstić information content (AvgIpc) is 3.07. The predicted octanol–water partition coefficient (Wildman–Crippen LogP) is 1.87. The molecular formula is C14H13N7. The van der Waals surface area contributed by atoms with Gasteiger partial charge in [-0.15, -0.1) is 10.2 Å². The fourth-order valence-corrected chi connectivity index (χ4v) is 2.58. The zero-order valence-corrected chi connectivity index (χ0v) is 11.6. The fraction of sp³-hybridized carbons (Fsp3) is 0.143. The van der Waals surface area contributed by atoms with Gasteiger partial charge in [-0.05, 0) is 31.0 Å². The van der Waals surface area contributed by atoms with Crippen molar-refractivity contribution >= 4 is 22.5 Å². The highest BCUT2D eigenvalue weighted by Gasteiger charge is 2.15. The summed E-state index contributed by atoms with van der Waals surface area (Å²) in [5.41, 5.74) is 12.0. The molecule has 0 atom stereocenters. The monoisotopic (exact) mass is 279 g/mol. The number of nitrogens with two attached hydrogens (primary N) is 1. The summed E-state index contributed by atoms with van der Waals surface area (Å²) in [5, 5.41) is 8.53. The first-order chi connectivity index (χ1) is 10.1. The van der Waals surface area contributed by atoms with Crippen LogP contribution in [0.25, 0.3) is 28.2 Å². The third-order valence-corrected chi connectivity index (χ3v) is 3.61. The summed E-state index contributed by atoms with van der Waals surface area (Å²) >= 11 is 0. The Morgan fingerprint density at radius 3 is 2.86 bits per heavy atom. The number of imidazole rings is 1. The molecule has 0 amide bonds. The maximum atomic E-state index is 6.20. The number of H-pyrrole nitrogens is 1. The zero-order valence-electron chi connectivity index (χ0n) is 11.6. The van der Waals surface area contributed by atoms with E-state index in [-0.39, 0.29) is 0 Å². The van der Waals surface area contributed by atoms with Crippen molar-refractivity contribution in [2.45, 2.75) is 13.8 Å². The molecule has 0 unspecified atom stereocenters. The molecule has 104 valence electrons. The normalized spacial score (nSPS) is 11.5. The molecule has 4 rings (SSSR count). The first-order valence-electron chi connectivity index (χ1n) is 6.55. The number of nitrogens with one attached hydrogen (secondary N) is 1. The van der Waals surface area contributed by atoms with Gasteiger partial charge in [0.25, 0.3) is 0 Å². The molecule has 7 nitrogen and oxygen atoms in total. The Kier molecular flexibility index (Phi) is 2.26. The highest BCUT2D eigenvalue weighted by atomic mass is 15.3. The number of aromatic nitrogens is 6. The van der Waals surface area contributed by atoms with Crippen LogP contribution in [0.2, 0.25) is 0 Å². The second-order valence-electron chi connectivity index (χ2n) is 5.11. The molecule has 7 heteroatoms. The highest BCUT2D eigenvalue weighted by Crippen LogP contribution is 2.29. The van der Waals surface area contributed by atoms with E-state index in [9.17, 15) is 0 Å². The lowest BCUT2D eigenvalue weighted by molar-refractivity contribution is 1.09. The number of anilines is 1. The lowest BCUT2D eigenvalue weighted by atomic mass is 10.0. The molecule has 0 aliphatic carbocycles. The molecule has 0 aliphatic heterocycles. The van der Waals surface area contributed by atoms with Crippen molar-refractivity contribution in [2.24, 2.45) is 0 Å². The van der Waals surface area contributed by atoms with Gasteiger partial charge in [-0.2, -0.15) is 0 Å². The fourth-order valence-electron chi connectivity index (χ4n) is 2.58. The minimum atomic E-state index is 0.620. The maximum absolute atomic E-state index is 6.20. The number of aromatic amines is 1. The SMILES string of the molecule is Cc1cc(C)c(N)c(-c2nnc3c4[nH]cnc4ncn23)c1. The minimum Gasteiger partial charge on any atom is -0.398 e. The summed E-state index contributed by atoms with van der Waals surface area (Å²) in [7, 11) is 0. The number of aryl methyl sites for hydroxylation is 2. The molecule has 0 fully saturated rings. The number of fused-ring (bicyclic) bond motifs is 3. The van der Waals surface area contributed by atoms with Crippen molar-refractivity contribution in [2.75, 3.05) is 5.73 Å². The van der Waals surface area contributed by atoms with E-state index < -0.39 is 0 Å². The van der Waals surface area contributed by atoms with Gasteiger partial charge < -0.3 is 10.7 Å². The summed E-state index contributed by atoms with van der Waals surface area (Å²) in [4.78, 5) is 11.5. The van der Waals surface area contributed by atoms with Crippen molar-refractivity contribution in [1.29, 1.82) is 0 Å². The first kappa shape index (κ1) is 11.8. The van der Waals surface area contributed by atoms with Gasteiger partial charge in [0.2, 0.25) is 0 Å². The number of benzene rings is 1. The van der Waals surface area contributed by atoms with Gasteiger partial charge in [-0.25, -0.2) is 9.97 Å². The molecule has 3 heterocycles. The molecule has 1 aromatic carbocycles. The van der Waals surface area contributed by atoms with E-state index in [0.717, 1.165) is 22.2 Å². The largest absolute Gasteiger partial charge is 0.398 e. The van der Waals surface area contributed by atoms with Crippen LogP contribution in [0.1, 0.15) is 11.1 Å². The molecule has 21 heavy (non-hydrogen) atoms. The van der Waals surface area contributed by atoms with Crippen molar-refractivity contribution < 1.29 is 0 Å². The third kappa shape index (κ3) is 1.60. The molecule has 0 aliphatic rings. The summed E-state index contributed by atoms with van der Waals surface area (Å²) in [6, 6.07) is 4.06. The molecule has 0 spiro atoms. The van der Waals surface area contributed by atoms with E-state index in [2.05, 4.69) is 25.1 Å². The number of nitrogen functional groups attached to an aromatic ring is 1. The van der Waals surface area contributed by atoms with Crippen LogP contribution < -0.4 is 5.73 Å².